The highest BCUT2D eigenvalue weighted by atomic mass is 35.5. The van der Waals surface area contributed by atoms with Crippen molar-refractivity contribution in [1.29, 1.82) is 0 Å². The van der Waals surface area contributed by atoms with E-state index in [2.05, 4.69) is 125 Å². The molecule has 432 valence electrons. The Morgan fingerprint density at radius 3 is 1.59 bits per heavy atom. The molecule has 8 aromatic rings. The quantitative estimate of drug-likeness (QED) is 0.0340. The van der Waals surface area contributed by atoms with Crippen LogP contribution in [0.5, 0.6) is 11.5 Å². The van der Waals surface area contributed by atoms with Crippen molar-refractivity contribution < 1.29 is 19.1 Å². The molecule has 2 fully saturated rings. The van der Waals surface area contributed by atoms with E-state index in [0.29, 0.717) is 40.5 Å². The van der Waals surface area contributed by atoms with E-state index in [1.165, 1.54) is 32.0 Å². The summed E-state index contributed by atoms with van der Waals surface area (Å²) in [4.78, 5) is 49.7. The minimum Gasteiger partial charge on any atom is -0.494 e. The number of ether oxygens (including phenoxy) is 2. The Hall–Kier alpha value is -8.45. The number of amides is 1. The average molecular weight is 1130 g/mol. The molecule has 2 atom stereocenters. The first-order valence-electron chi connectivity index (χ1n) is 27.2. The van der Waals surface area contributed by atoms with Gasteiger partial charge in [-0.3, -0.25) is 9.59 Å². The molecule has 4 aromatic carbocycles. The van der Waals surface area contributed by atoms with E-state index in [0.717, 1.165) is 119 Å². The highest BCUT2D eigenvalue weighted by Gasteiger charge is 2.23. The number of aryl methyl sites for hydroxylation is 2. The van der Waals surface area contributed by atoms with Gasteiger partial charge < -0.3 is 59.9 Å². The number of methoxy groups -OCH3 is 2. The smallest absolute Gasteiger partial charge is 0.247 e. The van der Waals surface area contributed by atoms with Gasteiger partial charge in [-0.2, -0.15) is 0 Å². The van der Waals surface area contributed by atoms with Gasteiger partial charge in [-0.1, -0.05) is 70.8 Å². The number of allylic oxidation sites excluding steroid dienone is 1. The molecule has 6 heterocycles. The summed E-state index contributed by atoms with van der Waals surface area (Å²) in [5.41, 5.74) is 17.1. The number of halogens is 1. The number of hydrogen-bond acceptors (Lipinski definition) is 15. The first kappa shape index (κ1) is 61.2. The van der Waals surface area contributed by atoms with Crippen molar-refractivity contribution in [3.05, 3.63) is 135 Å². The van der Waals surface area contributed by atoms with Crippen molar-refractivity contribution >= 4 is 90.6 Å². The van der Waals surface area contributed by atoms with Crippen LogP contribution in [0.2, 0.25) is 0 Å². The molecule has 0 saturated carbocycles. The molecule has 2 unspecified atom stereocenters. The zero-order valence-electron chi connectivity index (χ0n) is 47.7. The molecule has 19 heteroatoms. The largest absolute Gasteiger partial charge is 0.494 e. The molecule has 0 radical (unpaired) electrons. The summed E-state index contributed by atoms with van der Waals surface area (Å²) in [6.07, 6.45) is 12.5. The van der Waals surface area contributed by atoms with Crippen molar-refractivity contribution in [2.45, 2.75) is 34.1 Å². The lowest BCUT2D eigenvalue weighted by atomic mass is 10.1. The third kappa shape index (κ3) is 15.1. The zero-order chi connectivity index (χ0) is 57.7. The molecular formula is C63H79ClN14O4. The number of carbonyl (C=O) groups excluding carboxylic acids is 2. The van der Waals surface area contributed by atoms with Crippen molar-refractivity contribution in [3.63, 3.8) is 0 Å². The monoisotopic (exact) mass is 1130 g/mol. The van der Waals surface area contributed by atoms with E-state index in [4.69, 9.17) is 36.8 Å². The molecule has 0 aliphatic carbocycles. The summed E-state index contributed by atoms with van der Waals surface area (Å²) >= 11 is 4.71. The summed E-state index contributed by atoms with van der Waals surface area (Å²) in [7, 11) is 11.5. The number of likely N-dealkylation sites (N-methyl/N-ethyl adjacent to an activating group) is 2. The summed E-state index contributed by atoms with van der Waals surface area (Å²) in [5.74, 6) is 3.46. The fraction of sp³-hybridized carbons (Fsp3) is 0.333. The molecule has 5 N–H and O–H groups in total. The lowest BCUT2D eigenvalue weighted by molar-refractivity contribution is -0.112. The second kappa shape index (κ2) is 28.3. The van der Waals surface area contributed by atoms with E-state index in [-0.39, 0.29) is 13.3 Å². The molecule has 0 bridgehead atoms. The number of nitrogens with two attached hydrogens (primary N) is 1. The van der Waals surface area contributed by atoms with E-state index >= 15 is 0 Å². The fourth-order valence-electron chi connectivity index (χ4n) is 10.4. The van der Waals surface area contributed by atoms with Crippen molar-refractivity contribution in [3.8, 4) is 34.0 Å². The molecule has 2 aliphatic rings. The van der Waals surface area contributed by atoms with Crippen LogP contribution in [-0.2, 0) is 23.7 Å². The van der Waals surface area contributed by atoms with Gasteiger partial charge in [0.25, 0.3) is 0 Å². The molecule has 2 aliphatic heterocycles. The number of nitrogens with one attached hydrogen (secondary N) is 3. The fourth-order valence-corrected chi connectivity index (χ4v) is 10.4. The number of rotatable bonds is 19. The molecule has 2 saturated heterocycles. The minimum atomic E-state index is -0.509. The Morgan fingerprint density at radius 1 is 0.695 bits per heavy atom. The number of carbonyl (C=O) groups is 2. The second-order valence-corrected chi connectivity index (χ2v) is 21.1. The van der Waals surface area contributed by atoms with Crippen LogP contribution in [0.3, 0.4) is 0 Å². The maximum atomic E-state index is 12.4. The number of anilines is 8. The van der Waals surface area contributed by atoms with Gasteiger partial charge in [0.1, 0.15) is 11.5 Å². The van der Waals surface area contributed by atoms with E-state index in [1.54, 1.807) is 26.6 Å². The van der Waals surface area contributed by atoms with Crippen LogP contribution in [-0.4, -0.2) is 131 Å². The topological polar surface area (TPSA) is 189 Å². The molecule has 1 amide bonds. The number of likely N-dealkylation sites (tertiary alicyclic amines) is 2. The molecule has 82 heavy (non-hydrogen) atoms. The number of fused-ring (bicyclic) bond motifs is 2. The highest BCUT2D eigenvalue weighted by molar-refractivity contribution is 6.66. The molecule has 4 aromatic heterocycles. The maximum Gasteiger partial charge on any atom is 0.247 e. The Bertz CT molecular complexity index is 3510. The van der Waals surface area contributed by atoms with E-state index < -0.39 is 5.24 Å². The molecule has 0 spiro atoms. The Morgan fingerprint density at radius 2 is 1.15 bits per heavy atom. The van der Waals surface area contributed by atoms with Crippen LogP contribution in [0.4, 0.5) is 46.0 Å². The normalized spacial score (nSPS) is 14.8. The van der Waals surface area contributed by atoms with Crippen molar-refractivity contribution in [2.24, 2.45) is 25.9 Å². The Balaban J connectivity index is 0.000000217. The van der Waals surface area contributed by atoms with Crippen LogP contribution in [0, 0.1) is 11.8 Å². The molecule has 18 nitrogen and oxygen atoms in total. The van der Waals surface area contributed by atoms with Gasteiger partial charge in [-0.25, -0.2) is 19.9 Å². The third-order valence-electron chi connectivity index (χ3n) is 14.8. The van der Waals surface area contributed by atoms with Crippen molar-refractivity contribution in [2.75, 3.05) is 112 Å². The van der Waals surface area contributed by atoms with Gasteiger partial charge in [0.15, 0.2) is 0 Å². The summed E-state index contributed by atoms with van der Waals surface area (Å²) in [6.45, 7) is 19.6. The number of hydrogen-bond donors (Lipinski definition) is 4. The standard InChI is InChI=1S/C31H37N7O2.C28H35N7O.C3H3ClO.CH4/c1-6-30(39)33-25-17-26(29(40-5)18-28(25)36(3)15-16-38-14-12-21(2)19-38)35-31-32-13-11-24(34-31)23-20-37(4)27-10-8-7-9-22(23)27;1-19-10-12-35(17-19)14-13-33(2)26-16-27(36-4)24(15-22(26)29)32-28-30-11-9-23(31-28)21-18-34(3)25-8-6-5-7-20(21)25;1-2-3(4)5;/h6-11,13,17-18,20-21H,1,12,14-16,19H2,2-5H3,(H,33,39)(H,32,34,35);5-9,11,15-16,18-19H,10,12-14,17,29H2,1-4H3,(H,30,31,32);2H,1H2;1H4. The van der Waals surface area contributed by atoms with Crippen LogP contribution < -0.4 is 41.0 Å². The van der Waals surface area contributed by atoms with Gasteiger partial charge in [0.2, 0.25) is 23.0 Å². The van der Waals surface area contributed by atoms with Gasteiger partial charge in [-0.05, 0) is 97.9 Å². The average Bonchev–Trinajstić information content (AvgIpc) is 4.41. The summed E-state index contributed by atoms with van der Waals surface area (Å²) in [5, 5.41) is 11.4. The van der Waals surface area contributed by atoms with Crippen LogP contribution >= 0.6 is 11.6 Å². The highest BCUT2D eigenvalue weighted by Crippen LogP contribution is 2.40. The first-order chi connectivity index (χ1) is 39.0. The van der Waals surface area contributed by atoms with Crippen molar-refractivity contribution in [1.82, 2.24) is 38.9 Å². The van der Waals surface area contributed by atoms with Gasteiger partial charge in [0, 0.05) is 137 Å². The van der Waals surface area contributed by atoms with Crippen LogP contribution in [0.25, 0.3) is 44.3 Å². The molecule has 10 rings (SSSR count). The summed E-state index contributed by atoms with van der Waals surface area (Å²) < 4.78 is 15.7. The first-order valence-corrected chi connectivity index (χ1v) is 27.5. The zero-order valence-corrected chi connectivity index (χ0v) is 48.5. The third-order valence-corrected chi connectivity index (χ3v) is 14.9. The number of benzene rings is 4. The van der Waals surface area contributed by atoms with Gasteiger partial charge >= 0.3 is 0 Å². The number of para-hydroxylation sites is 2. The predicted molar refractivity (Wildman–Crippen MR) is 338 cm³/mol. The minimum absolute atomic E-state index is 0. The Labute approximate surface area is 487 Å². The van der Waals surface area contributed by atoms with Crippen LogP contribution in [0.1, 0.15) is 34.1 Å². The van der Waals surface area contributed by atoms with Gasteiger partial charge in [0.05, 0.1) is 59.7 Å². The van der Waals surface area contributed by atoms with E-state index in [9.17, 15) is 9.59 Å². The maximum absolute atomic E-state index is 12.4. The van der Waals surface area contributed by atoms with Crippen LogP contribution in [0.15, 0.2) is 135 Å². The lowest BCUT2D eigenvalue weighted by Crippen LogP contribution is -2.32. The predicted octanol–water partition coefficient (Wildman–Crippen LogP) is 11.6. The van der Waals surface area contributed by atoms with E-state index in [1.807, 2.05) is 81.8 Å². The number of nitrogen functional groups attached to an aromatic ring is 1. The second-order valence-electron chi connectivity index (χ2n) is 20.7. The summed E-state index contributed by atoms with van der Waals surface area (Å²) in [6, 6.07) is 28.1. The number of nitrogens with zero attached hydrogens (tertiary/aromatic N) is 10. The number of aromatic nitrogens is 6. The SMILES string of the molecule is C.C=CC(=O)Cl.C=CC(=O)Nc1cc(Nc2nccc(-c3cn(C)c4ccccc34)n2)c(OC)cc1N(C)CCN1CCC(C)C1.COc1cc(N(C)CCN2CCC(C)C2)c(N)cc1Nc1nccc(-c2cn(C)c3ccccc23)n1. The Kier molecular flexibility index (Phi) is 21.1. The van der Waals surface area contributed by atoms with Gasteiger partial charge in [-0.15, -0.1) is 0 Å². The lowest BCUT2D eigenvalue weighted by Gasteiger charge is -2.26. The molecular weight excluding hydrogens is 1050 g/mol.